The number of aromatic amines is 1. The van der Waals surface area contributed by atoms with E-state index in [0.717, 1.165) is 24.4 Å². The summed E-state index contributed by atoms with van der Waals surface area (Å²) in [6.45, 7) is 11.7. The number of H-pyrrole nitrogens is 1. The van der Waals surface area contributed by atoms with Crippen molar-refractivity contribution in [1.82, 2.24) is 15.5 Å². The lowest BCUT2D eigenvalue weighted by molar-refractivity contribution is 0.571. The number of hydrogen-bond acceptors (Lipinski definition) is 2. The minimum Gasteiger partial charge on any atom is -0.306 e. The van der Waals surface area contributed by atoms with Gasteiger partial charge in [-0.15, -0.1) is 0 Å². The van der Waals surface area contributed by atoms with Gasteiger partial charge in [0.25, 0.3) is 0 Å². The zero-order valence-electron chi connectivity index (χ0n) is 13.8. The van der Waals surface area contributed by atoms with Gasteiger partial charge in [0.15, 0.2) is 0 Å². The zero-order chi connectivity index (χ0) is 15.4. The van der Waals surface area contributed by atoms with E-state index in [2.05, 4.69) is 67.5 Å². The van der Waals surface area contributed by atoms with Crippen molar-refractivity contribution >= 4 is 0 Å². The first-order valence-electron chi connectivity index (χ1n) is 7.80. The van der Waals surface area contributed by atoms with E-state index in [4.69, 9.17) is 0 Å². The van der Waals surface area contributed by atoms with Crippen LogP contribution in [0, 0.1) is 19.8 Å². The molecule has 3 nitrogen and oxygen atoms in total. The zero-order valence-corrected chi connectivity index (χ0v) is 13.8. The fourth-order valence-electron chi connectivity index (χ4n) is 2.62. The summed E-state index contributed by atoms with van der Waals surface area (Å²) < 4.78 is 0. The van der Waals surface area contributed by atoms with Gasteiger partial charge in [0.2, 0.25) is 0 Å². The Morgan fingerprint density at radius 3 is 2.29 bits per heavy atom. The van der Waals surface area contributed by atoms with E-state index in [1.165, 1.54) is 16.7 Å². The molecule has 0 aliphatic heterocycles. The highest BCUT2D eigenvalue weighted by Gasteiger charge is 2.09. The average Bonchev–Trinajstić information content (AvgIpc) is 2.75. The van der Waals surface area contributed by atoms with Gasteiger partial charge in [0.1, 0.15) is 0 Å². The smallest absolute Gasteiger partial charge is 0.0638 e. The van der Waals surface area contributed by atoms with Crippen LogP contribution in [0.1, 0.15) is 54.9 Å². The van der Waals surface area contributed by atoms with Gasteiger partial charge in [-0.25, -0.2) is 0 Å². The Morgan fingerprint density at radius 2 is 1.76 bits per heavy atom. The second-order valence-electron chi connectivity index (χ2n) is 6.35. The first-order valence-corrected chi connectivity index (χ1v) is 7.80. The summed E-state index contributed by atoms with van der Waals surface area (Å²) in [6.07, 6.45) is 1.15. The van der Waals surface area contributed by atoms with Crippen LogP contribution in [0.4, 0.5) is 0 Å². The molecule has 1 heterocycles. The number of nitrogens with one attached hydrogen (secondary N) is 2. The van der Waals surface area contributed by atoms with Crippen molar-refractivity contribution in [2.75, 3.05) is 0 Å². The molecule has 0 aliphatic rings. The molecule has 21 heavy (non-hydrogen) atoms. The van der Waals surface area contributed by atoms with E-state index in [0.29, 0.717) is 12.0 Å². The molecule has 0 saturated carbocycles. The molecule has 1 unspecified atom stereocenters. The molecule has 0 bridgehead atoms. The van der Waals surface area contributed by atoms with Crippen LogP contribution in [0.15, 0.2) is 24.3 Å². The number of benzene rings is 1. The van der Waals surface area contributed by atoms with Gasteiger partial charge < -0.3 is 5.32 Å². The third kappa shape index (κ3) is 4.18. The standard InChI is InChI=1S/C18H27N3/c1-12(2)10-16-6-8-17(9-7-16)13(3)19-11-18-14(4)20-21-15(18)5/h6-9,12-13,19H,10-11H2,1-5H3,(H,20,21). The van der Waals surface area contributed by atoms with Gasteiger partial charge in [-0.05, 0) is 44.2 Å². The summed E-state index contributed by atoms with van der Waals surface area (Å²) in [4.78, 5) is 0. The van der Waals surface area contributed by atoms with Crippen molar-refractivity contribution in [2.24, 2.45) is 5.92 Å². The molecule has 1 atom stereocenters. The molecule has 1 aromatic carbocycles. The molecule has 2 N–H and O–H groups in total. The lowest BCUT2D eigenvalue weighted by Gasteiger charge is -2.15. The minimum atomic E-state index is 0.340. The lowest BCUT2D eigenvalue weighted by atomic mass is 10.00. The number of nitrogens with zero attached hydrogens (tertiary/aromatic N) is 1. The summed E-state index contributed by atoms with van der Waals surface area (Å²) in [5.74, 6) is 0.707. The largest absolute Gasteiger partial charge is 0.306 e. The van der Waals surface area contributed by atoms with Crippen LogP contribution in [0.2, 0.25) is 0 Å². The summed E-state index contributed by atoms with van der Waals surface area (Å²) >= 11 is 0. The predicted molar refractivity (Wildman–Crippen MR) is 88.3 cm³/mol. The van der Waals surface area contributed by atoms with E-state index < -0.39 is 0 Å². The Morgan fingerprint density at radius 1 is 1.10 bits per heavy atom. The second-order valence-corrected chi connectivity index (χ2v) is 6.35. The van der Waals surface area contributed by atoms with E-state index >= 15 is 0 Å². The average molecular weight is 285 g/mol. The van der Waals surface area contributed by atoms with Crippen molar-refractivity contribution in [1.29, 1.82) is 0 Å². The Balaban J connectivity index is 1.95. The van der Waals surface area contributed by atoms with Gasteiger partial charge in [-0.3, -0.25) is 5.10 Å². The van der Waals surface area contributed by atoms with Crippen LogP contribution in [0.25, 0.3) is 0 Å². The first-order chi connectivity index (χ1) is 9.97. The molecule has 2 rings (SSSR count). The number of aromatic nitrogens is 2. The molecule has 0 amide bonds. The summed E-state index contributed by atoms with van der Waals surface area (Å²) in [7, 11) is 0. The van der Waals surface area contributed by atoms with E-state index in [-0.39, 0.29) is 0 Å². The van der Waals surface area contributed by atoms with Crippen molar-refractivity contribution < 1.29 is 0 Å². The lowest BCUT2D eigenvalue weighted by Crippen LogP contribution is -2.18. The number of hydrogen-bond donors (Lipinski definition) is 2. The second kappa shape index (κ2) is 6.90. The summed E-state index contributed by atoms with van der Waals surface area (Å²) in [5, 5.41) is 10.9. The van der Waals surface area contributed by atoms with Gasteiger partial charge in [0, 0.05) is 23.8 Å². The molecule has 2 aromatic rings. The number of aryl methyl sites for hydroxylation is 2. The van der Waals surface area contributed by atoms with Gasteiger partial charge in [-0.2, -0.15) is 5.10 Å². The maximum Gasteiger partial charge on any atom is 0.0638 e. The summed E-state index contributed by atoms with van der Waals surface area (Å²) in [6, 6.07) is 9.32. The predicted octanol–water partition coefficient (Wildman–Crippen LogP) is 4.08. The molecule has 0 radical (unpaired) electrons. The SMILES string of the molecule is Cc1n[nH]c(C)c1CNC(C)c1ccc(CC(C)C)cc1. The normalized spacial score (nSPS) is 12.9. The Kier molecular flexibility index (Phi) is 5.18. The molecular formula is C18H27N3. The van der Waals surface area contributed by atoms with Crippen LogP contribution < -0.4 is 5.32 Å². The third-order valence-electron chi connectivity index (χ3n) is 3.99. The summed E-state index contributed by atoms with van der Waals surface area (Å²) in [5.41, 5.74) is 6.26. The minimum absolute atomic E-state index is 0.340. The maximum absolute atomic E-state index is 4.24. The third-order valence-corrected chi connectivity index (χ3v) is 3.99. The maximum atomic E-state index is 4.24. The Hall–Kier alpha value is -1.61. The van der Waals surface area contributed by atoms with Crippen molar-refractivity contribution in [3.05, 3.63) is 52.3 Å². The van der Waals surface area contributed by atoms with E-state index in [1.807, 2.05) is 6.92 Å². The van der Waals surface area contributed by atoms with Crippen molar-refractivity contribution in [3.63, 3.8) is 0 Å². The highest BCUT2D eigenvalue weighted by Crippen LogP contribution is 2.17. The topological polar surface area (TPSA) is 40.7 Å². The fourth-order valence-corrected chi connectivity index (χ4v) is 2.62. The Bertz CT molecular complexity index is 547. The first kappa shape index (κ1) is 15.8. The molecule has 0 spiro atoms. The van der Waals surface area contributed by atoms with Gasteiger partial charge in [-0.1, -0.05) is 38.1 Å². The molecule has 1 aromatic heterocycles. The number of rotatable bonds is 6. The fraction of sp³-hybridized carbons (Fsp3) is 0.500. The quantitative estimate of drug-likeness (QED) is 0.839. The molecular weight excluding hydrogens is 258 g/mol. The van der Waals surface area contributed by atoms with Gasteiger partial charge in [0.05, 0.1) is 5.69 Å². The highest BCUT2D eigenvalue weighted by atomic mass is 15.1. The molecule has 114 valence electrons. The van der Waals surface area contributed by atoms with Crippen LogP contribution in [-0.2, 0) is 13.0 Å². The molecule has 3 heteroatoms. The highest BCUT2D eigenvalue weighted by molar-refractivity contribution is 5.26. The molecule has 0 saturated heterocycles. The van der Waals surface area contributed by atoms with Crippen LogP contribution in [0.3, 0.4) is 0 Å². The van der Waals surface area contributed by atoms with Gasteiger partial charge >= 0.3 is 0 Å². The van der Waals surface area contributed by atoms with Crippen LogP contribution in [0.5, 0.6) is 0 Å². The van der Waals surface area contributed by atoms with Crippen molar-refractivity contribution in [3.8, 4) is 0 Å². The van der Waals surface area contributed by atoms with Crippen LogP contribution >= 0.6 is 0 Å². The molecule has 0 fully saturated rings. The molecule has 0 aliphatic carbocycles. The van der Waals surface area contributed by atoms with E-state index in [1.54, 1.807) is 0 Å². The monoisotopic (exact) mass is 285 g/mol. The van der Waals surface area contributed by atoms with E-state index in [9.17, 15) is 0 Å². The van der Waals surface area contributed by atoms with Crippen molar-refractivity contribution in [2.45, 2.75) is 53.6 Å². The van der Waals surface area contributed by atoms with Crippen LogP contribution in [-0.4, -0.2) is 10.2 Å². The Labute approximate surface area is 128 Å².